The molecule has 2 N–H and O–H groups in total. The predicted molar refractivity (Wildman–Crippen MR) is 135 cm³/mol. The fourth-order valence-corrected chi connectivity index (χ4v) is 5.07. The molecule has 0 bridgehead atoms. The number of halogens is 2. The van der Waals surface area contributed by atoms with Crippen molar-refractivity contribution in [2.24, 2.45) is 0 Å². The lowest BCUT2D eigenvalue weighted by Gasteiger charge is -2.32. The number of piperazine rings is 1. The van der Waals surface area contributed by atoms with Gasteiger partial charge in [0.15, 0.2) is 6.73 Å². The SMILES string of the molecule is Cc1cc(Nc2ncc3c(n2)OCN(c2c(Cl)cccc2Cl)C3=O)cc(C)c1N1CCNCC1. The maximum atomic E-state index is 13.1. The number of carbonyl (C=O) groups excluding carboxylic acids is 1. The number of aromatic nitrogens is 2. The molecule has 3 aromatic rings. The van der Waals surface area contributed by atoms with E-state index < -0.39 is 0 Å². The van der Waals surface area contributed by atoms with Gasteiger partial charge in [0.25, 0.3) is 5.91 Å². The lowest BCUT2D eigenvalue weighted by molar-refractivity contribution is 0.0932. The molecule has 1 aromatic heterocycles. The number of rotatable bonds is 4. The molecule has 0 spiro atoms. The third kappa shape index (κ3) is 4.24. The molecule has 2 aliphatic heterocycles. The number of anilines is 4. The number of fused-ring (bicyclic) bond motifs is 1. The molecular weight excluding hydrogens is 475 g/mol. The highest BCUT2D eigenvalue weighted by molar-refractivity contribution is 6.40. The van der Waals surface area contributed by atoms with E-state index in [-0.39, 0.29) is 24.1 Å². The van der Waals surface area contributed by atoms with E-state index in [1.54, 1.807) is 18.2 Å². The number of carbonyl (C=O) groups is 1. The highest BCUT2D eigenvalue weighted by Crippen LogP contribution is 2.37. The zero-order chi connectivity index (χ0) is 23.8. The Kier molecular flexibility index (Phi) is 6.20. The summed E-state index contributed by atoms with van der Waals surface area (Å²) in [6, 6.07) is 9.23. The number of amides is 1. The lowest BCUT2D eigenvalue weighted by atomic mass is 10.1. The van der Waals surface area contributed by atoms with Crippen LogP contribution in [-0.4, -0.2) is 48.8 Å². The summed E-state index contributed by atoms with van der Waals surface area (Å²) >= 11 is 12.6. The van der Waals surface area contributed by atoms with Crippen LogP contribution < -0.4 is 25.2 Å². The predicted octanol–water partition coefficient (Wildman–Crippen LogP) is 4.55. The third-order valence-corrected chi connectivity index (χ3v) is 6.56. The Bertz CT molecular complexity index is 1220. The van der Waals surface area contributed by atoms with Crippen LogP contribution in [0.3, 0.4) is 0 Å². The minimum absolute atomic E-state index is 0.0522. The number of para-hydroxylation sites is 1. The van der Waals surface area contributed by atoms with E-state index in [2.05, 4.69) is 51.5 Å². The Hall–Kier alpha value is -3.07. The van der Waals surface area contributed by atoms with Crippen LogP contribution in [-0.2, 0) is 0 Å². The second-order valence-corrected chi connectivity index (χ2v) is 9.12. The van der Waals surface area contributed by atoms with Crippen LogP contribution in [0, 0.1) is 13.8 Å². The zero-order valence-electron chi connectivity index (χ0n) is 18.9. The van der Waals surface area contributed by atoms with Gasteiger partial charge in [0.2, 0.25) is 11.8 Å². The fourth-order valence-electron chi connectivity index (χ4n) is 4.47. The summed E-state index contributed by atoms with van der Waals surface area (Å²) in [6.45, 7) is 8.12. The molecule has 0 atom stereocenters. The third-order valence-electron chi connectivity index (χ3n) is 5.95. The van der Waals surface area contributed by atoms with Crippen molar-refractivity contribution in [3.63, 3.8) is 0 Å². The Morgan fingerprint density at radius 3 is 2.41 bits per heavy atom. The minimum atomic E-state index is -0.324. The Labute approximate surface area is 207 Å². The standard InChI is InChI=1S/C24H24Cl2N6O2/c1-14-10-16(11-15(2)20(14)31-8-6-27-7-9-31)29-24-28-12-17-22(30-24)34-13-32(23(17)33)21-18(25)4-3-5-19(21)26/h3-5,10-12,27H,6-9,13H2,1-2H3,(H,28,29,30). The van der Waals surface area contributed by atoms with Gasteiger partial charge in [-0.2, -0.15) is 4.98 Å². The molecule has 34 heavy (non-hydrogen) atoms. The van der Waals surface area contributed by atoms with Gasteiger partial charge in [0.1, 0.15) is 5.56 Å². The largest absolute Gasteiger partial charge is 0.455 e. The van der Waals surface area contributed by atoms with Crippen molar-refractivity contribution in [1.82, 2.24) is 15.3 Å². The van der Waals surface area contributed by atoms with Crippen molar-refractivity contribution < 1.29 is 9.53 Å². The van der Waals surface area contributed by atoms with Crippen LogP contribution in [0.1, 0.15) is 21.5 Å². The molecule has 8 nitrogen and oxygen atoms in total. The highest BCUT2D eigenvalue weighted by Gasteiger charge is 2.31. The molecule has 1 saturated heterocycles. The van der Waals surface area contributed by atoms with Crippen LogP contribution >= 0.6 is 23.2 Å². The molecule has 0 radical (unpaired) electrons. The number of nitrogens with zero attached hydrogens (tertiary/aromatic N) is 4. The first kappa shape index (κ1) is 22.7. The first-order valence-electron chi connectivity index (χ1n) is 11.0. The van der Waals surface area contributed by atoms with Crippen LogP contribution in [0.5, 0.6) is 5.88 Å². The summed E-state index contributed by atoms with van der Waals surface area (Å²) in [6.07, 6.45) is 1.46. The van der Waals surface area contributed by atoms with Crippen molar-refractivity contribution in [2.45, 2.75) is 13.8 Å². The average molecular weight is 499 g/mol. The highest BCUT2D eigenvalue weighted by atomic mass is 35.5. The normalized spacial score (nSPS) is 15.7. The number of hydrogen-bond donors (Lipinski definition) is 2. The van der Waals surface area contributed by atoms with Gasteiger partial charge in [-0.05, 0) is 49.2 Å². The molecule has 5 rings (SSSR count). The Balaban J connectivity index is 1.37. The number of benzene rings is 2. The topological polar surface area (TPSA) is 82.6 Å². The van der Waals surface area contributed by atoms with Gasteiger partial charge >= 0.3 is 0 Å². The number of ether oxygens (including phenoxy) is 1. The number of nitrogens with one attached hydrogen (secondary N) is 2. The Morgan fingerprint density at radius 1 is 1.06 bits per heavy atom. The molecule has 176 valence electrons. The molecule has 0 aliphatic carbocycles. The van der Waals surface area contributed by atoms with Crippen LogP contribution in [0.4, 0.5) is 23.0 Å². The van der Waals surface area contributed by atoms with Crippen molar-refractivity contribution >= 4 is 52.1 Å². The molecule has 3 heterocycles. The second kappa shape index (κ2) is 9.29. The smallest absolute Gasteiger partial charge is 0.268 e. The van der Waals surface area contributed by atoms with Gasteiger partial charge in [0.05, 0.1) is 15.7 Å². The molecule has 2 aliphatic rings. The van der Waals surface area contributed by atoms with Crippen molar-refractivity contribution in [3.05, 3.63) is 63.3 Å². The average Bonchev–Trinajstić information content (AvgIpc) is 2.80. The quantitative estimate of drug-likeness (QED) is 0.545. The van der Waals surface area contributed by atoms with Gasteiger partial charge in [-0.25, -0.2) is 4.98 Å². The van der Waals surface area contributed by atoms with Gasteiger partial charge in [0, 0.05) is 43.8 Å². The summed E-state index contributed by atoms with van der Waals surface area (Å²) in [5.74, 6) is 0.243. The summed E-state index contributed by atoms with van der Waals surface area (Å²) in [5, 5.41) is 7.36. The maximum Gasteiger partial charge on any atom is 0.268 e. The molecule has 2 aromatic carbocycles. The summed E-state index contributed by atoms with van der Waals surface area (Å²) in [4.78, 5) is 25.7. The van der Waals surface area contributed by atoms with Gasteiger partial charge in [-0.15, -0.1) is 0 Å². The van der Waals surface area contributed by atoms with Crippen LogP contribution in [0.2, 0.25) is 10.0 Å². The first-order valence-corrected chi connectivity index (χ1v) is 11.8. The molecule has 1 fully saturated rings. The van der Waals surface area contributed by atoms with E-state index in [4.69, 9.17) is 27.9 Å². The summed E-state index contributed by atoms with van der Waals surface area (Å²) in [5.41, 5.74) is 5.15. The zero-order valence-corrected chi connectivity index (χ0v) is 20.4. The van der Waals surface area contributed by atoms with E-state index >= 15 is 0 Å². The van der Waals surface area contributed by atoms with E-state index in [0.717, 1.165) is 31.9 Å². The summed E-state index contributed by atoms with van der Waals surface area (Å²) < 4.78 is 5.78. The summed E-state index contributed by atoms with van der Waals surface area (Å²) in [7, 11) is 0. The maximum absolute atomic E-state index is 13.1. The lowest BCUT2D eigenvalue weighted by Crippen LogP contribution is -2.44. The van der Waals surface area contributed by atoms with E-state index in [1.165, 1.54) is 27.9 Å². The van der Waals surface area contributed by atoms with Crippen LogP contribution in [0.25, 0.3) is 0 Å². The van der Waals surface area contributed by atoms with Crippen molar-refractivity contribution in [2.75, 3.05) is 48.0 Å². The fraction of sp³-hybridized carbons (Fsp3) is 0.292. The monoisotopic (exact) mass is 498 g/mol. The van der Waals surface area contributed by atoms with Gasteiger partial charge in [-0.3, -0.25) is 9.69 Å². The number of hydrogen-bond acceptors (Lipinski definition) is 7. The molecular formula is C24H24Cl2N6O2. The van der Waals surface area contributed by atoms with Gasteiger partial charge < -0.3 is 20.3 Å². The minimum Gasteiger partial charge on any atom is -0.455 e. The molecule has 1 amide bonds. The molecule has 0 saturated carbocycles. The first-order chi connectivity index (χ1) is 16.4. The molecule has 10 heteroatoms. The second-order valence-electron chi connectivity index (χ2n) is 8.31. The van der Waals surface area contributed by atoms with Crippen molar-refractivity contribution in [1.29, 1.82) is 0 Å². The van der Waals surface area contributed by atoms with E-state index in [0.29, 0.717) is 21.7 Å². The molecule has 0 unspecified atom stereocenters. The van der Waals surface area contributed by atoms with Crippen LogP contribution in [0.15, 0.2) is 36.5 Å². The number of aryl methyl sites for hydroxylation is 2. The van der Waals surface area contributed by atoms with Gasteiger partial charge in [-0.1, -0.05) is 29.3 Å². The van der Waals surface area contributed by atoms with Crippen molar-refractivity contribution in [3.8, 4) is 5.88 Å². The van der Waals surface area contributed by atoms with E-state index in [1.807, 2.05) is 0 Å². The Morgan fingerprint density at radius 2 is 1.74 bits per heavy atom. The van der Waals surface area contributed by atoms with E-state index in [9.17, 15) is 4.79 Å².